The maximum atomic E-state index is 4.59. The summed E-state index contributed by atoms with van der Waals surface area (Å²) in [4.78, 5) is 10.5. The van der Waals surface area contributed by atoms with Crippen molar-refractivity contribution in [3.8, 4) is 11.4 Å². The van der Waals surface area contributed by atoms with Crippen LogP contribution in [0.2, 0.25) is 0 Å². The molecule has 0 unspecified atom stereocenters. The summed E-state index contributed by atoms with van der Waals surface area (Å²) in [6.07, 6.45) is 19.8. The topological polar surface area (TPSA) is 25.8 Å². The smallest absolute Gasteiger partial charge is 0.159 e. The Morgan fingerprint density at radius 1 is 0.679 bits per heavy atom. The van der Waals surface area contributed by atoms with Crippen LogP contribution in [0, 0.1) is 0 Å². The van der Waals surface area contributed by atoms with Crippen molar-refractivity contribution in [2.45, 2.75) is 95.8 Å². The van der Waals surface area contributed by atoms with Gasteiger partial charge < -0.3 is 0 Å². The molecule has 2 rings (SSSR count). The van der Waals surface area contributed by atoms with Crippen LogP contribution in [0.3, 0.4) is 0 Å². The molecule has 2 aromatic rings. The zero-order chi connectivity index (χ0) is 19.9. The first-order valence-electron chi connectivity index (χ1n) is 11.4. The summed E-state index contributed by atoms with van der Waals surface area (Å²) >= 11 is 1.96. The summed E-state index contributed by atoms with van der Waals surface area (Å²) in [5.41, 5.74) is 2.37. The van der Waals surface area contributed by atoms with E-state index in [2.05, 4.69) is 48.1 Å². The quantitative estimate of drug-likeness (QED) is 0.224. The summed E-state index contributed by atoms with van der Waals surface area (Å²) in [5.74, 6) is 2.05. The van der Waals surface area contributed by atoms with Gasteiger partial charge in [0.25, 0.3) is 0 Å². The van der Waals surface area contributed by atoms with Crippen molar-refractivity contribution in [2.24, 2.45) is 0 Å². The van der Waals surface area contributed by atoms with E-state index in [1.165, 1.54) is 86.8 Å². The van der Waals surface area contributed by atoms with Crippen LogP contribution in [-0.4, -0.2) is 15.7 Å². The lowest BCUT2D eigenvalue weighted by Crippen LogP contribution is -1.93. The molecule has 0 saturated heterocycles. The van der Waals surface area contributed by atoms with E-state index in [0.29, 0.717) is 0 Å². The van der Waals surface area contributed by atoms with E-state index < -0.39 is 0 Å². The molecule has 0 fully saturated rings. The van der Waals surface area contributed by atoms with E-state index in [-0.39, 0.29) is 0 Å². The van der Waals surface area contributed by atoms with Crippen LogP contribution in [0.5, 0.6) is 0 Å². The lowest BCUT2D eigenvalue weighted by molar-refractivity contribution is 0.607. The van der Waals surface area contributed by atoms with Crippen LogP contribution in [0.25, 0.3) is 11.4 Å². The van der Waals surface area contributed by atoms with Crippen LogP contribution < -0.4 is 0 Å². The minimum atomic E-state index is 0.836. The van der Waals surface area contributed by atoms with E-state index >= 15 is 0 Å². The van der Waals surface area contributed by atoms with E-state index in [1.807, 2.05) is 24.2 Å². The van der Waals surface area contributed by atoms with Crippen molar-refractivity contribution in [1.82, 2.24) is 9.97 Å². The summed E-state index contributed by atoms with van der Waals surface area (Å²) in [7, 11) is 0. The van der Waals surface area contributed by atoms with E-state index in [1.54, 1.807) is 0 Å². The number of hydrogen-bond donors (Lipinski definition) is 0. The molecule has 0 radical (unpaired) electrons. The predicted octanol–water partition coefficient (Wildman–Crippen LogP) is 8.11. The van der Waals surface area contributed by atoms with Gasteiger partial charge in [-0.15, -0.1) is 11.8 Å². The second-order valence-corrected chi connectivity index (χ2v) is 8.89. The Hall–Kier alpha value is -1.35. The first kappa shape index (κ1) is 22.9. The van der Waals surface area contributed by atoms with Gasteiger partial charge in [-0.25, -0.2) is 9.97 Å². The van der Waals surface area contributed by atoms with Crippen molar-refractivity contribution in [1.29, 1.82) is 0 Å². The number of aromatic nitrogens is 2. The first-order chi connectivity index (χ1) is 13.8. The minimum absolute atomic E-state index is 0.836. The third-order valence-electron chi connectivity index (χ3n) is 5.15. The molecule has 0 saturated carbocycles. The summed E-state index contributed by atoms with van der Waals surface area (Å²) in [6, 6.07) is 8.73. The molecule has 28 heavy (non-hydrogen) atoms. The van der Waals surface area contributed by atoms with Gasteiger partial charge in [0.1, 0.15) is 0 Å². The molecule has 1 aromatic carbocycles. The van der Waals surface area contributed by atoms with Gasteiger partial charge >= 0.3 is 0 Å². The highest BCUT2D eigenvalue weighted by Crippen LogP contribution is 2.23. The molecule has 0 aliphatic heterocycles. The number of aryl methyl sites for hydroxylation is 1. The lowest BCUT2D eigenvalue weighted by atomic mass is 10.1. The number of nitrogens with zero attached hydrogens (tertiary/aromatic N) is 2. The summed E-state index contributed by atoms with van der Waals surface area (Å²) in [6.45, 7) is 4.53. The molecule has 2 nitrogen and oxygen atoms in total. The van der Waals surface area contributed by atoms with Crippen LogP contribution in [0.1, 0.15) is 90.0 Å². The van der Waals surface area contributed by atoms with Crippen molar-refractivity contribution in [3.05, 3.63) is 42.2 Å². The molecule has 0 N–H and O–H groups in total. The Morgan fingerprint density at radius 3 is 1.89 bits per heavy atom. The molecule has 0 aliphatic carbocycles. The first-order valence-corrected chi connectivity index (χ1v) is 12.4. The molecular weight excluding hydrogens is 360 g/mol. The molecule has 0 bridgehead atoms. The average molecular weight is 399 g/mol. The fourth-order valence-corrected chi connectivity index (χ4v) is 4.25. The average Bonchev–Trinajstić information content (AvgIpc) is 2.74. The standard InChI is InChI=1S/C25H38N2S/c1-3-5-7-9-10-12-14-22-20-26-25(27-21-22)23-15-17-24(18-16-23)28-19-13-11-8-6-4-2/h15-18,20-21H,3-14,19H2,1-2H3. The highest BCUT2D eigenvalue weighted by Gasteiger charge is 2.03. The van der Waals surface area contributed by atoms with Crippen molar-refractivity contribution < 1.29 is 0 Å². The number of benzene rings is 1. The van der Waals surface area contributed by atoms with Gasteiger partial charge in [-0.2, -0.15) is 0 Å². The zero-order valence-electron chi connectivity index (χ0n) is 18.0. The summed E-state index contributed by atoms with van der Waals surface area (Å²) in [5, 5.41) is 0. The fraction of sp³-hybridized carbons (Fsp3) is 0.600. The molecule has 0 spiro atoms. The fourth-order valence-electron chi connectivity index (χ4n) is 3.34. The normalized spacial score (nSPS) is 11.1. The van der Waals surface area contributed by atoms with Crippen LogP contribution in [-0.2, 0) is 6.42 Å². The van der Waals surface area contributed by atoms with Gasteiger partial charge in [-0.3, -0.25) is 0 Å². The predicted molar refractivity (Wildman–Crippen MR) is 124 cm³/mol. The van der Waals surface area contributed by atoms with Crippen LogP contribution in [0.4, 0.5) is 0 Å². The van der Waals surface area contributed by atoms with E-state index in [4.69, 9.17) is 0 Å². The lowest BCUT2D eigenvalue weighted by Gasteiger charge is -2.05. The molecular formula is C25H38N2S. The van der Waals surface area contributed by atoms with Crippen LogP contribution in [0.15, 0.2) is 41.6 Å². The third-order valence-corrected chi connectivity index (χ3v) is 6.25. The molecule has 0 amide bonds. The van der Waals surface area contributed by atoms with E-state index in [9.17, 15) is 0 Å². The molecule has 3 heteroatoms. The van der Waals surface area contributed by atoms with Gasteiger partial charge in [0, 0.05) is 22.9 Å². The Bertz CT molecular complexity index is 565. The number of hydrogen-bond acceptors (Lipinski definition) is 3. The van der Waals surface area contributed by atoms with Crippen LogP contribution >= 0.6 is 11.8 Å². The minimum Gasteiger partial charge on any atom is -0.236 e. The Labute approximate surface area is 177 Å². The molecule has 0 aliphatic rings. The number of unbranched alkanes of at least 4 members (excludes halogenated alkanes) is 9. The Kier molecular flexibility index (Phi) is 12.0. The SMILES string of the molecule is CCCCCCCCc1cnc(-c2ccc(SCCCCCCC)cc2)nc1. The summed E-state index contributed by atoms with van der Waals surface area (Å²) < 4.78 is 0. The second-order valence-electron chi connectivity index (χ2n) is 7.72. The van der Waals surface area contributed by atoms with Gasteiger partial charge in [0.2, 0.25) is 0 Å². The second kappa shape index (κ2) is 14.6. The van der Waals surface area contributed by atoms with Gasteiger partial charge in [0.05, 0.1) is 0 Å². The van der Waals surface area contributed by atoms with Crippen molar-refractivity contribution in [3.63, 3.8) is 0 Å². The highest BCUT2D eigenvalue weighted by molar-refractivity contribution is 7.99. The number of rotatable bonds is 15. The van der Waals surface area contributed by atoms with Gasteiger partial charge in [0.15, 0.2) is 5.82 Å². The number of thioether (sulfide) groups is 1. The zero-order valence-corrected chi connectivity index (χ0v) is 18.8. The largest absolute Gasteiger partial charge is 0.236 e. The van der Waals surface area contributed by atoms with Crippen molar-refractivity contribution >= 4 is 11.8 Å². The molecule has 1 heterocycles. The third kappa shape index (κ3) is 9.23. The molecule has 154 valence electrons. The van der Waals surface area contributed by atoms with Gasteiger partial charge in [-0.1, -0.05) is 83.8 Å². The molecule has 1 aromatic heterocycles. The maximum Gasteiger partial charge on any atom is 0.159 e. The Morgan fingerprint density at radius 2 is 1.25 bits per heavy atom. The maximum absolute atomic E-state index is 4.59. The highest BCUT2D eigenvalue weighted by atomic mass is 32.2. The monoisotopic (exact) mass is 398 g/mol. The van der Waals surface area contributed by atoms with E-state index in [0.717, 1.165) is 17.8 Å². The van der Waals surface area contributed by atoms with Crippen molar-refractivity contribution in [2.75, 3.05) is 5.75 Å². The van der Waals surface area contributed by atoms with Gasteiger partial charge in [-0.05, 0) is 42.7 Å². The Balaban J connectivity index is 1.71. The molecule has 0 atom stereocenters.